The topological polar surface area (TPSA) is 83.8 Å². The van der Waals surface area contributed by atoms with E-state index in [4.69, 9.17) is 18.9 Å². The Bertz CT molecular complexity index is 962. The number of nitrogens with one attached hydrogen (secondary N) is 1. The van der Waals surface area contributed by atoms with Crippen molar-refractivity contribution in [3.05, 3.63) is 54.6 Å². The Balaban J connectivity index is 1.31. The highest BCUT2D eigenvalue weighted by molar-refractivity contribution is 5.85. The van der Waals surface area contributed by atoms with Crippen LogP contribution in [0.3, 0.4) is 0 Å². The number of aromatic nitrogens is 2. The van der Waals surface area contributed by atoms with E-state index in [0.717, 1.165) is 18.5 Å². The maximum atomic E-state index is 13.7. The zero-order valence-electron chi connectivity index (χ0n) is 20.7. The lowest BCUT2D eigenvalue weighted by molar-refractivity contribution is -0.182. The van der Waals surface area contributed by atoms with Gasteiger partial charge in [-0.1, -0.05) is 30.3 Å². The van der Waals surface area contributed by atoms with Crippen molar-refractivity contribution < 1.29 is 23.7 Å². The van der Waals surface area contributed by atoms with Gasteiger partial charge in [-0.15, -0.1) is 0 Å². The Morgan fingerprint density at radius 1 is 1.20 bits per heavy atom. The van der Waals surface area contributed by atoms with E-state index in [1.807, 2.05) is 54.9 Å². The first-order valence-corrected chi connectivity index (χ1v) is 12.8. The quantitative estimate of drug-likeness (QED) is 0.493. The van der Waals surface area contributed by atoms with Gasteiger partial charge < -0.3 is 28.8 Å². The van der Waals surface area contributed by atoms with E-state index < -0.39 is 11.4 Å². The van der Waals surface area contributed by atoms with Gasteiger partial charge in [0.15, 0.2) is 11.4 Å². The van der Waals surface area contributed by atoms with Crippen LogP contribution in [-0.4, -0.2) is 58.3 Å². The van der Waals surface area contributed by atoms with E-state index in [0.29, 0.717) is 38.5 Å². The standard InChI is InChI=1S/C27H37N3O5/c1-26(2)34-23-16-27(33-18-20-7-4-3-5-8-20,15-22(24(23)35-26)32-17-21-9-10-21)25(31)29-11-6-13-30-14-12-28-19-30/h3-5,7-8,12,14,19,21-24H,6,9-11,13,15-18H2,1-2H3,(H,29,31)/t22?,23-,24+,27-/m1/s1. The van der Waals surface area contributed by atoms with Gasteiger partial charge in [-0.25, -0.2) is 4.98 Å². The van der Waals surface area contributed by atoms with Crippen LogP contribution in [0.4, 0.5) is 0 Å². The number of aryl methyl sites for hydroxylation is 1. The van der Waals surface area contributed by atoms with Crippen LogP contribution in [0.15, 0.2) is 49.1 Å². The zero-order valence-corrected chi connectivity index (χ0v) is 20.7. The number of nitrogens with zero attached hydrogens (tertiary/aromatic N) is 2. The average molecular weight is 484 g/mol. The van der Waals surface area contributed by atoms with E-state index in [9.17, 15) is 4.79 Å². The van der Waals surface area contributed by atoms with Crippen molar-refractivity contribution >= 4 is 5.91 Å². The molecule has 1 amide bonds. The summed E-state index contributed by atoms with van der Waals surface area (Å²) in [5, 5.41) is 3.14. The Kier molecular flexibility index (Phi) is 7.25. The molecule has 8 nitrogen and oxygen atoms in total. The minimum atomic E-state index is -1.05. The molecule has 0 bridgehead atoms. The second-order valence-electron chi connectivity index (χ2n) is 10.5. The van der Waals surface area contributed by atoms with Crippen LogP contribution in [0, 0.1) is 5.92 Å². The molecule has 1 saturated heterocycles. The molecule has 1 N–H and O–H groups in total. The lowest BCUT2D eigenvalue weighted by atomic mass is 9.78. The van der Waals surface area contributed by atoms with Gasteiger partial charge in [-0.3, -0.25) is 4.79 Å². The van der Waals surface area contributed by atoms with Crippen molar-refractivity contribution in [3.8, 4) is 0 Å². The predicted molar refractivity (Wildman–Crippen MR) is 129 cm³/mol. The van der Waals surface area contributed by atoms with Gasteiger partial charge in [0.25, 0.3) is 5.91 Å². The highest BCUT2D eigenvalue weighted by Crippen LogP contribution is 2.44. The minimum Gasteiger partial charge on any atom is -0.375 e. The molecule has 1 aromatic carbocycles. The summed E-state index contributed by atoms with van der Waals surface area (Å²) in [5.74, 6) is -0.207. The lowest BCUT2D eigenvalue weighted by Gasteiger charge is -2.43. The molecular weight excluding hydrogens is 446 g/mol. The molecule has 1 aliphatic heterocycles. The molecule has 2 saturated carbocycles. The number of ether oxygens (including phenoxy) is 4. The number of imidazole rings is 1. The molecule has 1 unspecified atom stereocenters. The number of benzene rings is 1. The molecular formula is C27H37N3O5. The third-order valence-electron chi connectivity index (χ3n) is 7.10. The van der Waals surface area contributed by atoms with Crippen LogP contribution in [0.25, 0.3) is 0 Å². The monoisotopic (exact) mass is 483 g/mol. The SMILES string of the molecule is CC1(C)O[C@@H]2C[C@@](OCc3ccccc3)(C(=O)NCCCn3ccnc3)CC(OCC3CC3)[C@@H]2O1. The van der Waals surface area contributed by atoms with E-state index in [1.54, 1.807) is 12.5 Å². The highest BCUT2D eigenvalue weighted by atomic mass is 16.8. The molecule has 4 atom stereocenters. The van der Waals surface area contributed by atoms with E-state index in [1.165, 1.54) is 12.8 Å². The first-order valence-electron chi connectivity index (χ1n) is 12.8. The Morgan fingerprint density at radius 2 is 2.03 bits per heavy atom. The van der Waals surface area contributed by atoms with Gasteiger partial charge in [0, 0.05) is 44.9 Å². The Labute approximate surface area is 207 Å². The smallest absolute Gasteiger partial charge is 0.252 e. The fourth-order valence-electron chi connectivity index (χ4n) is 5.09. The van der Waals surface area contributed by atoms with Crippen LogP contribution in [-0.2, 0) is 36.9 Å². The molecule has 2 aromatic rings. The minimum absolute atomic E-state index is 0.106. The molecule has 190 valence electrons. The first-order chi connectivity index (χ1) is 16.9. The van der Waals surface area contributed by atoms with Crippen LogP contribution >= 0.6 is 0 Å². The number of carbonyl (C=O) groups is 1. The summed E-state index contributed by atoms with van der Waals surface area (Å²) in [6.45, 7) is 6.23. The van der Waals surface area contributed by atoms with Crippen LogP contribution in [0.2, 0.25) is 0 Å². The number of fused-ring (bicyclic) bond motifs is 1. The van der Waals surface area contributed by atoms with Crippen molar-refractivity contribution in [1.82, 2.24) is 14.9 Å². The summed E-state index contributed by atoms with van der Waals surface area (Å²) >= 11 is 0. The highest BCUT2D eigenvalue weighted by Gasteiger charge is 2.58. The summed E-state index contributed by atoms with van der Waals surface area (Å²) in [6, 6.07) is 9.97. The Hall–Kier alpha value is -2.26. The molecule has 0 radical (unpaired) electrons. The molecule has 35 heavy (non-hydrogen) atoms. The van der Waals surface area contributed by atoms with Gasteiger partial charge in [0.1, 0.15) is 6.10 Å². The van der Waals surface area contributed by atoms with E-state index in [2.05, 4.69) is 10.3 Å². The summed E-state index contributed by atoms with van der Waals surface area (Å²) in [7, 11) is 0. The van der Waals surface area contributed by atoms with Crippen molar-refractivity contribution in [3.63, 3.8) is 0 Å². The molecule has 3 fully saturated rings. The number of rotatable bonds is 11. The zero-order chi connectivity index (χ0) is 24.3. The second kappa shape index (κ2) is 10.4. The number of amides is 1. The number of carbonyl (C=O) groups excluding carboxylic acids is 1. The predicted octanol–water partition coefficient (Wildman–Crippen LogP) is 3.45. The normalized spacial score (nSPS) is 29.6. The van der Waals surface area contributed by atoms with Gasteiger partial charge in [0.2, 0.25) is 0 Å². The second-order valence-corrected chi connectivity index (χ2v) is 10.5. The molecule has 2 aliphatic carbocycles. The van der Waals surface area contributed by atoms with Gasteiger partial charge in [-0.05, 0) is 44.6 Å². The van der Waals surface area contributed by atoms with Gasteiger partial charge in [-0.2, -0.15) is 0 Å². The van der Waals surface area contributed by atoms with Crippen LogP contribution in [0.1, 0.15) is 51.5 Å². The van der Waals surface area contributed by atoms with Crippen molar-refractivity contribution in [2.24, 2.45) is 5.92 Å². The van der Waals surface area contributed by atoms with Crippen molar-refractivity contribution in [1.29, 1.82) is 0 Å². The molecule has 8 heteroatoms. The molecule has 5 rings (SSSR count). The third-order valence-corrected chi connectivity index (χ3v) is 7.10. The summed E-state index contributed by atoms with van der Waals surface area (Å²) < 4.78 is 27.4. The lowest BCUT2D eigenvalue weighted by Crippen LogP contribution is -2.60. The number of hydrogen-bond donors (Lipinski definition) is 1. The summed E-state index contributed by atoms with van der Waals surface area (Å²) in [4.78, 5) is 17.8. The first kappa shape index (κ1) is 24.4. The fourth-order valence-corrected chi connectivity index (χ4v) is 5.09. The molecule has 1 aromatic heterocycles. The molecule has 0 spiro atoms. The molecule has 3 aliphatic rings. The van der Waals surface area contributed by atoms with E-state index in [-0.39, 0.29) is 24.2 Å². The van der Waals surface area contributed by atoms with Gasteiger partial charge in [0.05, 0.1) is 25.1 Å². The number of hydrogen-bond acceptors (Lipinski definition) is 6. The fraction of sp³-hybridized carbons (Fsp3) is 0.630. The van der Waals surface area contributed by atoms with Crippen molar-refractivity contribution in [2.75, 3.05) is 13.2 Å². The summed E-state index contributed by atoms with van der Waals surface area (Å²) in [6.07, 6.45) is 8.83. The average Bonchev–Trinajstić information content (AvgIpc) is 3.42. The largest absolute Gasteiger partial charge is 0.375 e. The van der Waals surface area contributed by atoms with Crippen LogP contribution in [0.5, 0.6) is 0 Å². The Morgan fingerprint density at radius 3 is 2.77 bits per heavy atom. The maximum Gasteiger partial charge on any atom is 0.252 e. The third kappa shape index (κ3) is 6.12. The maximum absolute atomic E-state index is 13.7. The van der Waals surface area contributed by atoms with Crippen molar-refractivity contribution in [2.45, 2.75) is 88.8 Å². The van der Waals surface area contributed by atoms with E-state index >= 15 is 0 Å². The van der Waals surface area contributed by atoms with Crippen LogP contribution < -0.4 is 5.32 Å². The van der Waals surface area contributed by atoms with Gasteiger partial charge >= 0.3 is 0 Å². The molecule has 2 heterocycles. The summed E-state index contributed by atoms with van der Waals surface area (Å²) in [5.41, 5.74) is -0.0226.